The monoisotopic (exact) mass is 311 g/mol. The van der Waals surface area contributed by atoms with Crippen LogP contribution in [0.3, 0.4) is 0 Å². The highest BCUT2D eigenvalue weighted by molar-refractivity contribution is 6.05. The van der Waals surface area contributed by atoms with Crippen LogP contribution in [0.2, 0.25) is 0 Å². The number of nitrogens with one attached hydrogen (secondary N) is 2. The molecule has 0 bridgehead atoms. The summed E-state index contributed by atoms with van der Waals surface area (Å²) in [7, 11) is 0. The third-order valence-electron chi connectivity index (χ3n) is 3.38. The van der Waals surface area contributed by atoms with Crippen LogP contribution in [-0.4, -0.2) is 35.3 Å². The van der Waals surface area contributed by atoms with Crippen molar-refractivity contribution in [2.75, 3.05) is 6.54 Å². The number of hydrogen-bond donors (Lipinski definition) is 2. The fourth-order valence-electron chi connectivity index (χ4n) is 2.16. The van der Waals surface area contributed by atoms with Gasteiger partial charge in [0.05, 0.1) is 13.0 Å². The number of carbonyl (C=O) groups excluding carboxylic acids is 3. The van der Waals surface area contributed by atoms with Gasteiger partial charge < -0.3 is 10.2 Å². The second kappa shape index (κ2) is 6.50. The molecular weight excluding hydrogens is 296 g/mol. The Morgan fingerprint density at radius 3 is 2.41 bits per heavy atom. The predicted octanol–water partition coefficient (Wildman–Crippen LogP) is 0.911. The van der Waals surface area contributed by atoms with E-state index >= 15 is 0 Å². The standard InChI is InChI=1S/C14H15F2N3O3/c1-2-19(7-8-9(15)4-3-5-10(8)16)12(20)6-11-13(21)18-14(22)17-11/h3-5,11H,2,6-7H2,1H3,(H2,17,18,21,22). The van der Waals surface area contributed by atoms with Crippen molar-refractivity contribution in [3.63, 3.8) is 0 Å². The highest BCUT2D eigenvalue weighted by Gasteiger charge is 2.32. The van der Waals surface area contributed by atoms with E-state index in [4.69, 9.17) is 0 Å². The maximum Gasteiger partial charge on any atom is 0.322 e. The third kappa shape index (κ3) is 3.38. The Kier molecular flexibility index (Phi) is 4.69. The molecule has 0 spiro atoms. The van der Waals surface area contributed by atoms with Crippen molar-refractivity contribution in [3.8, 4) is 0 Å². The fraction of sp³-hybridized carbons (Fsp3) is 0.357. The van der Waals surface area contributed by atoms with Crippen LogP contribution >= 0.6 is 0 Å². The summed E-state index contributed by atoms with van der Waals surface area (Å²) in [6, 6.07) is 1.85. The number of benzene rings is 1. The molecule has 118 valence electrons. The molecule has 6 nitrogen and oxygen atoms in total. The quantitative estimate of drug-likeness (QED) is 0.794. The average molecular weight is 311 g/mol. The van der Waals surface area contributed by atoms with Crippen LogP contribution < -0.4 is 10.6 Å². The normalized spacial score (nSPS) is 17.1. The van der Waals surface area contributed by atoms with Crippen molar-refractivity contribution >= 4 is 17.8 Å². The second-order valence-electron chi connectivity index (χ2n) is 4.83. The molecule has 0 saturated carbocycles. The highest BCUT2D eigenvalue weighted by atomic mass is 19.1. The van der Waals surface area contributed by atoms with Crippen LogP contribution in [0.25, 0.3) is 0 Å². The molecule has 1 saturated heterocycles. The number of nitrogens with zero attached hydrogens (tertiary/aromatic N) is 1. The van der Waals surface area contributed by atoms with Crippen LogP contribution in [0.4, 0.5) is 13.6 Å². The summed E-state index contributed by atoms with van der Waals surface area (Å²) in [5.74, 6) is -2.55. The molecule has 0 aromatic heterocycles. The molecule has 1 aliphatic rings. The summed E-state index contributed by atoms with van der Waals surface area (Å²) in [6.07, 6.45) is -0.262. The Morgan fingerprint density at radius 1 is 1.27 bits per heavy atom. The summed E-state index contributed by atoms with van der Waals surface area (Å²) < 4.78 is 27.3. The van der Waals surface area contributed by atoms with Gasteiger partial charge in [0, 0.05) is 12.1 Å². The second-order valence-corrected chi connectivity index (χ2v) is 4.83. The van der Waals surface area contributed by atoms with Crippen LogP contribution in [0.1, 0.15) is 18.9 Å². The number of rotatable bonds is 5. The molecule has 1 aliphatic heterocycles. The van der Waals surface area contributed by atoms with E-state index in [0.29, 0.717) is 0 Å². The van der Waals surface area contributed by atoms with E-state index in [1.165, 1.54) is 11.0 Å². The maximum atomic E-state index is 13.6. The number of carbonyl (C=O) groups is 3. The maximum absolute atomic E-state index is 13.6. The predicted molar refractivity (Wildman–Crippen MR) is 72.5 cm³/mol. The lowest BCUT2D eigenvalue weighted by atomic mass is 10.1. The van der Waals surface area contributed by atoms with Crippen molar-refractivity contribution in [1.82, 2.24) is 15.5 Å². The zero-order valence-electron chi connectivity index (χ0n) is 11.9. The minimum absolute atomic E-state index is 0.211. The van der Waals surface area contributed by atoms with Gasteiger partial charge >= 0.3 is 6.03 Å². The first-order chi connectivity index (χ1) is 10.4. The van der Waals surface area contributed by atoms with Gasteiger partial charge in [-0.25, -0.2) is 13.6 Å². The van der Waals surface area contributed by atoms with E-state index < -0.39 is 35.5 Å². The molecule has 2 rings (SSSR count). The van der Waals surface area contributed by atoms with E-state index in [9.17, 15) is 23.2 Å². The first-order valence-corrected chi connectivity index (χ1v) is 6.74. The molecule has 1 aromatic rings. The number of imide groups is 1. The van der Waals surface area contributed by atoms with Gasteiger partial charge in [0.15, 0.2) is 0 Å². The van der Waals surface area contributed by atoms with Gasteiger partial charge in [0.1, 0.15) is 17.7 Å². The molecule has 2 N–H and O–H groups in total. The highest BCUT2D eigenvalue weighted by Crippen LogP contribution is 2.15. The van der Waals surface area contributed by atoms with Gasteiger partial charge in [0.2, 0.25) is 5.91 Å². The summed E-state index contributed by atoms with van der Waals surface area (Å²) in [4.78, 5) is 35.8. The minimum Gasteiger partial charge on any atom is -0.338 e. The van der Waals surface area contributed by atoms with Crippen LogP contribution in [0.5, 0.6) is 0 Å². The topological polar surface area (TPSA) is 78.5 Å². The van der Waals surface area contributed by atoms with E-state index in [2.05, 4.69) is 5.32 Å². The summed E-state index contributed by atoms with van der Waals surface area (Å²) in [5.41, 5.74) is -0.211. The van der Waals surface area contributed by atoms with Gasteiger partial charge in [-0.1, -0.05) is 6.07 Å². The molecule has 0 radical (unpaired) electrons. The Bertz CT molecular complexity index is 601. The average Bonchev–Trinajstić information content (AvgIpc) is 2.76. The third-order valence-corrected chi connectivity index (χ3v) is 3.38. The lowest BCUT2D eigenvalue weighted by Gasteiger charge is -2.22. The van der Waals surface area contributed by atoms with Crippen LogP contribution in [-0.2, 0) is 16.1 Å². The number of halogens is 2. The summed E-state index contributed by atoms with van der Waals surface area (Å²) in [5, 5.41) is 4.32. The first-order valence-electron chi connectivity index (χ1n) is 6.74. The largest absolute Gasteiger partial charge is 0.338 e. The van der Waals surface area contributed by atoms with Gasteiger partial charge in [0.25, 0.3) is 5.91 Å². The van der Waals surface area contributed by atoms with Crippen molar-refractivity contribution < 1.29 is 23.2 Å². The van der Waals surface area contributed by atoms with Crippen molar-refractivity contribution in [2.24, 2.45) is 0 Å². The Hall–Kier alpha value is -2.51. The zero-order chi connectivity index (χ0) is 16.3. The molecule has 8 heteroatoms. The molecule has 4 amide bonds. The molecule has 1 fully saturated rings. The fourth-order valence-corrected chi connectivity index (χ4v) is 2.16. The molecule has 22 heavy (non-hydrogen) atoms. The number of hydrogen-bond acceptors (Lipinski definition) is 3. The van der Waals surface area contributed by atoms with Crippen molar-refractivity contribution in [2.45, 2.75) is 25.9 Å². The van der Waals surface area contributed by atoms with Crippen LogP contribution in [0.15, 0.2) is 18.2 Å². The van der Waals surface area contributed by atoms with E-state index in [1.54, 1.807) is 6.92 Å². The van der Waals surface area contributed by atoms with Crippen molar-refractivity contribution in [1.29, 1.82) is 0 Å². The molecule has 1 heterocycles. The van der Waals surface area contributed by atoms with Gasteiger partial charge in [-0.3, -0.25) is 14.9 Å². The Balaban J connectivity index is 2.06. The van der Waals surface area contributed by atoms with Crippen molar-refractivity contribution in [3.05, 3.63) is 35.4 Å². The van der Waals surface area contributed by atoms with E-state index in [1.807, 2.05) is 5.32 Å². The van der Waals surface area contributed by atoms with Gasteiger partial charge in [-0.05, 0) is 19.1 Å². The van der Waals surface area contributed by atoms with E-state index in [0.717, 1.165) is 12.1 Å². The molecule has 0 aliphatic carbocycles. The lowest BCUT2D eigenvalue weighted by molar-refractivity contribution is -0.134. The Labute approximate surface area is 125 Å². The Morgan fingerprint density at radius 2 is 1.91 bits per heavy atom. The SMILES string of the molecule is CCN(Cc1c(F)cccc1F)C(=O)CC1NC(=O)NC1=O. The van der Waals surface area contributed by atoms with Gasteiger partial charge in [-0.2, -0.15) is 0 Å². The summed E-state index contributed by atoms with van der Waals surface area (Å²) >= 11 is 0. The van der Waals surface area contributed by atoms with E-state index in [-0.39, 0.29) is 25.1 Å². The number of urea groups is 1. The zero-order valence-corrected chi connectivity index (χ0v) is 11.9. The smallest absolute Gasteiger partial charge is 0.322 e. The molecular formula is C14H15F2N3O3. The molecule has 1 aromatic carbocycles. The van der Waals surface area contributed by atoms with Crippen LogP contribution in [0, 0.1) is 11.6 Å². The first kappa shape index (κ1) is 15.9. The molecule has 1 unspecified atom stereocenters. The molecule has 1 atom stereocenters. The van der Waals surface area contributed by atoms with Gasteiger partial charge in [-0.15, -0.1) is 0 Å². The lowest BCUT2D eigenvalue weighted by Crippen LogP contribution is -2.38. The number of amides is 4. The minimum atomic E-state index is -0.959. The summed E-state index contributed by atoms with van der Waals surface area (Å²) in [6.45, 7) is 1.63.